The molecule has 47 heavy (non-hydrogen) atoms. The molecule has 5 rings (SSSR count). The number of methoxy groups -OCH3 is 1. The molecule has 3 N–H and O–H groups in total. The zero-order chi connectivity index (χ0) is 34.2. The van der Waals surface area contributed by atoms with Crippen LogP contribution in [0.15, 0.2) is 41.3 Å². The highest BCUT2D eigenvalue weighted by Gasteiger charge is 2.40. The second-order valence-corrected chi connectivity index (χ2v) is 12.9. The monoisotopic (exact) mass is 693 g/mol. The Hall–Kier alpha value is -3.98. The summed E-state index contributed by atoms with van der Waals surface area (Å²) < 4.78 is 28.8. The van der Waals surface area contributed by atoms with Gasteiger partial charge in [0.15, 0.2) is 16.4 Å². The largest absolute Gasteiger partial charge is 0.492 e. The molecule has 2 fully saturated rings. The number of fused-ring (bicyclic) bond motifs is 1. The average molecular weight is 695 g/mol. The number of halogens is 3. The SMILES string of the molecule is COc1c(N2CCNC(C)C2)c(F)cc2c(=O)c(C(=O)OC[C@@](O)(c3ccc([N+](=O)[O-])cc3)[C@@H](C)NC(=O)C(Cl)Cl)cn(C3CC3)c12. The van der Waals surface area contributed by atoms with Crippen molar-refractivity contribution < 1.29 is 33.5 Å². The first-order chi connectivity index (χ1) is 22.3. The van der Waals surface area contributed by atoms with Crippen LogP contribution >= 0.6 is 23.2 Å². The zero-order valence-corrected chi connectivity index (χ0v) is 27.3. The number of carbonyl (C=O) groups excluding carboxylic acids is 2. The van der Waals surface area contributed by atoms with Gasteiger partial charge in [-0.1, -0.05) is 23.2 Å². The number of aromatic nitrogens is 1. The molecule has 1 aliphatic carbocycles. The van der Waals surface area contributed by atoms with Gasteiger partial charge in [-0.05, 0) is 50.5 Å². The number of nitro groups is 1. The number of aliphatic hydroxyl groups is 1. The maximum atomic E-state index is 15.8. The van der Waals surface area contributed by atoms with E-state index in [1.807, 2.05) is 11.8 Å². The molecule has 2 aliphatic rings. The number of ether oxygens (including phenoxy) is 2. The van der Waals surface area contributed by atoms with E-state index >= 15 is 4.39 Å². The number of nitro benzene ring substituents is 1. The first-order valence-electron chi connectivity index (χ1n) is 14.9. The van der Waals surface area contributed by atoms with Crippen LogP contribution in [0.1, 0.15) is 48.7 Å². The number of anilines is 1. The summed E-state index contributed by atoms with van der Waals surface area (Å²) in [5, 5.41) is 28.6. The highest BCUT2D eigenvalue weighted by Crippen LogP contribution is 2.44. The third-order valence-electron chi connectivity index (χ3n) is 8.52. The van der Waals surface area contributed by atoms with Crippen molar-refractivity contribution in [3.63, 3.8) is 0 Å². The smallest absolute Gasteiger partial charge is 0.343 e. The molecule has 3 aromatic rings. The average Bonchev–Trinajstić information content (AvgIpc) is 3.89. The number of amides is 1. The first kappa shape index (κ1) is 34.4. The number of rotatable bonds is 11. The van der Waals surface area contributed by atoms with Crippen molar-refractivity contribution in [2.24, 2.45) is 0 Å². The van der Waals surface area contributed by atoms with E-state index < -0.39 is 56.7 Å². The summed E-state index contributed by atoms with van der Waals surface area (Å²) in [7, 11) is 1.41. The highest BCUT2D eigenvalue weighted by molar-refractivity contribution is 6.53. The maximum absolute atomic E-state index is 15.8. The molecular weight excluding hydrogens is 660 g/mol. The fraction of sp³-hybridized carbons (Fsp3) is 0.452. The Kier molecular flexibility index (Phi) is 9.96. The Morgan fingerprint density at radius 3 is 2.53 bits per heavy atom. The number of carbonyl (C=O) groups is 2. The number of piperazine rings is 1. The van der Waals surface area contributed by atoms with Crippen LogP contribution in [0, 0.1) is 15.9 Å². The molecule has 2 heterocycles. The Morgan fingerprint density at radius 1 is 1.28 bits per heavy atom. The van der Waals surface area contributed by atoms with E-state index in [1.54, 1.807) is 4.57 Å². The topological polar surface area (TPSA) is 165 Å². The molecule has 13 nitrogen and oxygen atoms in total. The van der Waals surface area contributed by atoms with E-state index in [9.17, 15) is 29.6 Å². The van der Waals surface area contributed by atoms with Crippen molar-refractivity contribution >= 4 is 57.4 Å². The van der Waals surface area contributed by atoms with E-state index in [2.05, 4.69) is 10.6 Å². The Bertz CT molecular complexity index is 1770. The summed E-state index contributed by atoms with van der Waals surface area (Å²) >= 11 is 11.3. The molecule has 1 amide bonds. The fourth-order valence-corrected chi connectivity index (χ4v) is 5.96. The van der Waals surface area contributed by atoms with Crippen molar-refractivity contribution in [1.82, 2.24) is 15.2 Å². The van der Waals surface area contributed by atoms with Gasteiger partial charge in [-0.2, -0.15) is 0 Å². The molecule has 2 aromatic carbocycles. The van der Waals surface area contributed by atoms with E-state index in [4.69, 9.17) is 32.7 Å². The van der Waals surface area contributed by atoms with E-state index in [0.29, 0.717) is 25.2 Å². The van der Waals surface area contributed by atoms with Crippen molar-refractivity contribution in [2.75, 3.05) is 38.3 Å². The number of alkyl halides is 2. The number of nitrogens with one attached hydrogen (secondary N) is 2. The normalized spacial score (nSPS) is 18.5. The predicted molar refractivity (Wildman–Crippen MR) is 173 cm³/mol. The van der Waals surface area contributed by atoms with Gasteiger partial charge in [-0.15, -0.1) is 0 Å². The minimum absolute atomic E-state index is 0.0554. The third kappa shape index (κ3) is 6.86. The Labute approximate surface area is 278 Å². The van der Waals surface area contributed by atoms with Gasteiger partial charge in [0.25, 0.3) is 11.6 Å². The predicted octanol–water partition coefficient (Wildman–Crippen LogP) is 3.54. The maximum Gasteiger partial charge on any atom is 0.343 e. The van der Waals surface area contributed by atoms with Crippen LogP contribution in [-0.2, 0) is 15.1 Å². The van der Waals surface area contributed by atoms with Crippen LogP contribution in [0.3, 0.4) is 0 Å². The van der Waals surface area contributed by atoms with Gasteiger partial charge in [0.1, 0.15) is 23.5 Å². The van der Waals surface area contributed by atoms with Crippen LogP contribution in [-0.4, -0.2) is 76.7 Å². The molecule has 1 aliphatic heterocycles. The Morgan fingerprint density at radius 2 is 1.96 bits per heavy atom. The van der Waals surface area contributed by atoms with Crippen molar-refractivity contribution in [3.05, 3.63) is 73.8 Å². The quantitative estimate of drug-likeness (QED) is 0.117. The molecule has 16 heteroatoms. The molecule has 1 saturated carbocycles. The van der Waals surface area contributed by atoms with Gasteiger partial charge in [0, 0.05) is 50.0 Å². The molecule has 1 unspecified atom stereocenters. The molecule has 1 saturated heterocycles. The lowest BCUT2D eigenvalue weighted by Gasteiger charge is -2.35. The first-order valence-corrected chi connectivity index (χ1v) is 15.8. The lowest BCUT2D eigenvalue weighted by molar-refractivity contribution is -0.384. The molecule has 0 spiro atoms. The zero-order valence-electron chi connectivity index (χ0n) is 25.8. The number of hydrogen-bond donors (Lipinski definition) is 3. The molecular formula is C31H34Cl2FN5O8. The van der Waals surface area contributed by atoms with Crippen molar-refractivity contribution in [3.8, 4) is 5.75 Å². The summed E-state index contributed by atoms with van der Waals surface area (Å²) in [4.78, 5) is 50.6. The number of benzene rings is 2. The lowest BCUT2D eigenvalue weighted by atomic mass is 9.87. The number of hydrogen-bond acceptors (Lipinski definition) is 10. The second kappa shape index (κ2) is 13.6. The molecule has 252 valence electrons. The lowest BCUT2D eigenvalue weighted by Crippen LogP contribution is -2.53. The molecule has 3 atom stereocenters. The number of non-ortho nitro benzene ring substituents is 1. The summed E-state index contributed by atoms with van der Waals surface area (Å²) in [5.41, 5.74) is -2.97. The Balaban J connectivity index is 1.53. The van der Waals surface area contributed by atoms with Crippen LogP contribution in [0.4, 0.5) is 15.8 Å². The van der Waals surface area contributed by atoms with E-state index in [0.717, 1.165) is 31.0 Å². The van der Waals surface area contributed by atoms with Crippen molar-refractivity contribution in [2.45, 2.75) is 55.3 Å². The van der Waals surface area contributed by atoms with E-state index in [1.165, 1.54) is 32.4 Å². The van der Waals surface area contributed by atoms with Gasteiger partial charge in [-0.3, -0.25) is 19.7 Å². The van der Waals surface area contributed by atoms with Crippen LogP contribution in [0.25, 0.3) is 10.9 Å². The van der Waals surface area contributed by atoms with Crippen LogP contribution in [0.2, 0.25) is 0 Å². The van der Waals surface area contributed by atoms with Crippen LogP contribution < -0.4 is 25.7 Å². The van der Waals surface area contributed by atoms with Gasteiger partial charge < -0.3 is 34.7 Å². The number of pyridine rings is 1. The summed E-state index contributed by atoms with van der Waals surface area (Å²) in [5.74, 6) is -2.45. The highest BCUT2D eigenvalue weighted by atomic mass is 35.5. The van der Waals surface area contributed by atoms with Gasteiger partial charge >= 0.3 is 5.97 Å². The summed E-state index contributed by atoms with van der Waals surface area (Å²) in [6.45, 7) is 4.26. The van der Waals surface area contributed by atoms with E-state index in [-0.39, 0.29) is 40.2 Å². The minimum atomic E-state index is -2.15. The number of nitrogens with zero attached hydrogens (tertiary/aromatic N) is 3. The number of esters is 1. The molecule has 0 bridgehead atoms. The molecule has 0 radical (unpaired) electrons. The standard InChI is InChI=1S/C31H34Cl2FN5O8/c1-16-13-37(11-10-35-16)25-23(34)12-21-24(27(25)46-3)38(19-8-9-19)14-22(26(21)40)30(42)47-15-31(43,17(2)36-29(41)28(32)33)18-4-6-20(7-5-18)39(44)45/h4-7,12,14,16-17,19,28,35,43H,8-11,13,15H2,1-3H3,(H,36,41)/t16?,17-,31+/m1/s1. The van der Waals surface area contributed by atoms with Gasteiger partial charge in [0.2, 0.25) is 5.43 Å². The van der Waals surface area contributed by atoms with Gasteiger partial charge in [0.05, 0.1) is 29.0 Å². The summed E-state index contributed by atoms with van der Waals surface area (Å²) in [6.07, 6.45) is 2.87. The van der Waals surface area contributed by atoms with Crippen LogP contribution in [0.5, 0.6) is 5.75 Å². The van der Waals surface area contributed by atoms with Gasteiger partial charge in [-0.25, -0.2) is 9.18 Å². The van der Waals surface area contributed by atoms with Crippen molar-refractivity contribution in [1.29, 1.82) is 0 Å². The summed E-state index contributed by atoms with van der Waals surface area (Å²) in [6, 6.07) is 4.70. The fourth-order valence-electron chi connectivity index (χ4n) is 5.83. The molecule has 1 aromatic heterocycles. The second-order valence-electron chi connectivity index (χ2n) is 11.8. The minimum Gasteiger partial charge on any atom is -0.492 e. The third-order valence-corrected chi connectivity index (χ3v) is 8.92.